The Kier molecular flexibility index (Phi) is 4.22. The van der Waals surface area contributed by atoms with E-state index in [0.717, 1.165) is 6.42 Å². The van der Waals surface area contributed by atoms with E-state index in [0.29, 0.717) is 19.3 Å². The number of ether oxygens (including phenoxy) is 1. The average Bonchev–Trinajstić information content (AvgIpc) is 2.72. The number of Topliss-reactive ketones (excluding diaryl/α,β-unsaturated/α-hetero) is 1. The van der Waals surface area contributed by atoms with Gasteiger partial charge >= 0.3 is 5.97 Å². The summed E-state index contributed by atoms with van der Waals surface area (Å²) >= 11 is 0. The number of carbonyl (C=O) groups is 2. The molecule has 156 valence electrons. The first-order valence-electron chi connectivity index (χ1n) is 10.3. The Balaban J connectivity index is 1.91. The normalized spacial score (nSPS) is 52.0. The fraction of sp³-hybridized carbons (Fsp3) is 0.818. The molecule has 0 amide bonds. The molecule has 4 saturated carbocycles. The Bertz CT molecular complexity index is 743. The summed E-state index contributed by atoms with van der Waals surface area (Å²) in [6, 6.07) is 0. The van der Waals surface area contributed by atoms with Crippen molar-refractivity contribution in [2.24, 2.45) is 34.0 Å². The van der Waals surface area contributed by atoms with E-state index in [2.05, 4.69) is 20.4 Å². The van der Waals surface area contributed by atoms with Crippen molar-refractivity contribution in [3.05, 3.63) is 12.2 Å². The third-order valence-corrected chi connectivity index (χ3v) is 8.91. The molecule has 2 bridgehead atoms. The summed E-state index contributed by atoms with van der Waals surface area (Å²) < 4.78 is 5.53. The number of hydrogen-bond donors (Lipinski definition) is 3. The predicted octanol–water partition coefficient (Wildman–Crippen LogP) is 1.61. The van der Waals surface area contributed by atoms with Gasteiger partial charge in [-0.05, 0) is 48.5 Å². The number of esters is 1. The Morgan fingerprint density at radius 1 is 1.11 bits per heavy atom. The van der Waals surface area contributed by atoms with Crippen molar-refractivity contribution < 1.29 is 29.6 Å². The maximum atomic E-state index is 13.4. The molecule has 0 aromatic heterocycles. The van der Waals surface area contributed by atoms with Gasteiger partial charge in [-0.3, -0.25) is 9.59 Å². The van der Waals surface area contributed by atoms with Gasteiger partial charge in [-0.15, -0.1) is 0 Å². The first kappa shape index (κ1) is 20.0. The van der Waals surface area contributed by atoms with Crippen LogP contribution in [0.2, 0.25) is 0 Å². The molecule has 28 heavy (non-hydrogen) atoms. The van der Waals surface area contributed by atoms with Crippen LogP contribution in [0.4, 0.5) is 0 Å². The molecule has 1 spiro atoms. The van der Waals surface area contributed by atoms with Crippen LogP contribution in [-0.4, -0.2) is 51.5 Å². The standard InChI is InChI=1S/C22H32O6/c1-10-17-12(28-11(2)23)8-14-21(5)13(20(3,4)7-6-15(21)24)9-16(25)22(14,18(10)26)19(17)27/h12-17,19,24-25,27H,1,6-9H2,2-5H3/t12?,13?,14?,15?,16?,17?,19-,21?,22?/m0/s1. The summed E-state index contributed by atoms with van der Waals surface area (Å²) in [6.07, 6.45) is -1.37. The highest BCUT2D eigenvalue weighted by Crippen LogP contribution is 2.71. The SMILES string of the molecule is C=C1C(=O)C23C(O)CC4C(C)(C)CCC(O)C4(C)C2CC(OC(C)=O)C1[C@@H]3O. The smallest absolute Gasteiger partial charge is 0.302 e. The van der Waals surface area contributed by atoms with Crippen molar-refractivity contribution >= 4 is 11.8 Å². The van der Waals surface area contributed by atoms with Gasteiger partial charge in [0, 0.05) is 12.3 Å². The van der Waals surface area contributed by atoms with Gasteiger partial charge in [0.05, 0.1) is 29.6 Å². The minimum absolute atomic E-state index is 0.0160. The van der Waals surface area contributed by atoms with E-state index < -0.39 is 53.1 Å². The Morgan fingerprint density at radius 3 is 2.36 bits per heavy atom. The van der Waals surface area contributed by atoms with E-state index in [1.165, 1.54) is 6.92 Å². The molecule has 9 atom stereocenters. The van der Waals surface area contributed by atoms with Gasteiger partial charge in [-0.1, -0.05) is 27.4 Å². The highest BCUT2D eigenvalue weighted by Gasteiger charge is 2.77. The van der Waals surface area contributed by atoms with Crippen LogP contribution in [0.1, 0.15) is 53.4 Å². The zero-order valence-electron chi connectivity index (χ0n) is 17.1. The number of aliphatic hydroxyl groups is 3. The second-order valence-corrected chi connectivity index (χ2v) is 10.4. The van der Waals surface area contributed by atoms with Gasteiger partial charge < -0.3 is 20.1 Å². The summed E-state index contributed by atoms with van der Waals surface area (Å²) in [6.45, 7) is 11.5. The molecule has 8 unspecified atom stereocenters. The molecule has 4 fully saturated rings. The van der Waals surface area contributed by atoms with E-state index in [9.17, 15) is 24.9 Å². The quantitative estimate of drug-likeness (QED) is 0.463. The molecule has 0 radical (unpaired) electrons. The van der Waals surface area contributed by atoms with Gasteiger partial charge in [0.1, 0.15) is 6.10 Å². The highest BCUT2D eigenvalue weighted by molar-refractivity contribution is 6.04. The van der Waals surface area contributed by atoms with E-state index in [4.69, 9.17) is 4.74 Å². The zero-order chi connectivity index (χ0) is 20.8. The number of ketones is 1. The number of aliphatic hydroxyl groups excluding tert-OH is 3. The van der Waals surface area contributed by atoms with Gasteiger partial charge in [0.25, 0.3) is 0 Å². The lowest BCUT2D eigenvalue weighted by Crippen LogP contribution is -2.71. The molecule has 0 heterocycles. The van der Waals surface area contributed by atoms with Gasteiger partial charge in [0.15, 0.2) is 5.78 Å². The number of carbonyl (C=O) groups excluding carboxylic acids is 2. The van der Waals surface area contributed by atoms with Crippen LogP contribution in [0.5, 0.6) is 0 Å². The fourth-order valence-electron chi connectivity index (χ4n) is 7.64. The van der Waals surface area contributed by atoms with Crippen LogP contribution in [-0.2, 0) is 14.3 Å². The summed E-state index contributed by atoms with van der Waals surface area (Å²) in [5.41, 5.74) is -1.94. The van der Waals surface area contributed by atoms with Crippen molar-refractivity contribution in [2.75, 3.05) is 0 Å². The summed E-state index contributed by atoms with van der Waals surface area (Å²) in [5.74, 6) is -2.01. The maximum Gasteiger partial charge on any atom is 0.302 e. The lowest BCUT2D eigenvalue weighted by Gasteiger charge is -2.66. The van der Waals surface area contributed by atoms with Crippen molar-refractivity contribution in [1.82, 2.24) is 0 Å². The molecule has 0 aromatic rings. The molecular weight excluding hydrogens is 360 g/mol. The van der Waals surface area contributed by atoms with Crippen LogP contribution >= 0.6 is 0 Å². The summed E-state index contributed by atoms with van der Waals surface area (Å²) in [4.78, 5) is 25.2. The molecule has 6 nitrogen and oxygen atoms in total. The van der Waals surface area contributed by atoms with Gasteiger partial charge in [-0.25, -0.2) is 0 Å². The monoisotopic (exact) mass is 392 g/mol. The van der Waals surface area contributed by atoms with Crippen molar-refractivity contribution in [3.8, 4) is 0 Å². The van der Waals surface area contributed by atoms with Crippen LogP contribution in [0, 0.1) is 34.0 Å². The van der Waals surface area contributed by atoms with Crippen molar-refractivity contribution in [3.63, 3.8) is 0 Å². The first-order valence-corrected chi connectivity index (χ1v) is 10.3. The number of hydrogen-bond acceptors (Lipinski definition) is 6. The van der Waals surface area contributed by atoms with E-state index in [1.54, 1.807) is 0 Å². The van der Waals surface area contributed by atoms with E-state index in [1.807, 2.05) is 6.92 Å². The molecule has 4 aliphatic carbocycles. The second kappa shape index (κ2) is 5.89. The van der Waals surface area contributed by atoms with Crippen LogP contribution in [0.15, 0.2) is 12.2 Å². The van der Waals surface area contributed by atoms with Crippen molar-refractivity contribution in [2.45, 2.75) is 77.8 Å². The van der Waals surface area contributed by atoms with Crippen LogP contribution < -0.4 is 0 Å². The first-order chi connectivity index (χ1) is 12.9. The maximum absolute atomic E-state index is 13.4. The molecule has 4 aliphatic rings. The molecule has 4 rings (SSSR count). The lowest BCUT2D eigenvalue weighted by atomic mass is 9.39. The molecule has 0 aliphatic heterocycles. The molecule has 3 N–H and O–H groups in total. The molecule has 0 saturated heterocycles. The van der Waals surface area contributed by atoms with Crippen molar-refractivity contribution in [1.29, 1.82) is 0 Å². The Labute approximate surface area is 166 Å². The van der Waals surface area contributed by atoms with Gasteiger partial charge in [-0.2, -0.15) is 0 Å². The Morgan fingerprint density at radius 2 is 1.75 bits per heavy atom. The number of rotatable bonds is 1. The lowest BCUT2D eigenvalue weighted by molar-refractivity contribution is -0.263. The predicted molar refractivity (Wildman–Crippen MR) is 101 cm³/mol. The number of fused-ring (bicyclic) bond motifs is 3. The molecule has 6 heteroatoms. The zero-order valence-corrected chi connectivity index (χ0v) is 17.1. The Hall–Kier alpha value is -1.24. The largest absolute Gasteiger partial charge is 0.462 e. The third-order valence-electron chi connectivity index (χ3n) is 8.91. The second-order valence-electron chi connectivity index (χ2n) is 10.4. The van der Waals surface area contributed by atoms with E-state index >= 15 is 0 Å². The van der Waals surface area contributed by atoms with Gasteiger partial charge in [0.2, 0.25) is 0 Å². The molecule has 0 aromatic carbocycles. The summed E-state index contributed by atoms with van der Waals surface area (Å²) in [5, 5.41) is 33.7. The minimum Gasteiger partial charge on any atom is -0.462 e. The third kappa shape index (κ3) is 2.14. The van der Waals surface area contributed by atoms with E-state index in [-0.39, 0.29) is 22.7 Å². The highest BCUT2D eigenvalue weighted by atomic mass is 16.5. The average molecular weight is 392 g/mol. The fourth-order valence-corrected chi connectivity index (χ4v) is 7.64. The minimum atomic E-state index is -1.38. The topological polar surface area (TPSA) is 104 Å². The van der Waals surface area contributed by atoms with Crippen LogP contribution in [0.3, 0.4) is 0 Å². The molecular formula is C22H32O6. The van der Waals surface area contributed by atoms with Crippen LogP contribution in [0.25, 0.3) is 0 Å². The summed E-state index contributed by atoms with van der Waals surface area (Å²) in [7, 11) is 0.